The van der Waals surface area contributed by atoms with Gasteiger partial charge in [0.2, 0.25) is 11.8 Å². The molecule has 0 aromatic heterocycles. The van der Waals surface area contributed by atoms with Gasteiger partial charge in [0.25, 0.3) is 0 Å². The van der Waals surface area contributed by atoms with E-state index in [2.05, 4.69) is 5.32 Å². The van der Waals surface area contributed by atoms with E-state index in [1.54, 1.807) is 25.1 Å². The fourth-order valence-corrected chi connectivity index (χ4v) is 4.03. The topological polar surface area (TPSA) is 80.3 Å². The van der Waals surface area contributed by atoms with Gasteiger partial charge in [0.1, 0.15) is 0 Å². The first-order chi connectivity index (χ1) is 8.90. The van der Waals surface area contributed by atoms with Crippen molar-refractivity contribution in [3.8, 4) is 0 Å². The molecule has 0 saturated carbocycles. The molecule has 0 spiro atoms. The van der Waals surface area contributed by atoms with E-state index in [9.17, 15) is 18.0 Å². The number of carbonyl (C=O) groups is 2. The van der Waals surface area contributed by atoms with Crippen molar-refractivity contribution < 1.29 is 18.0 Å². The van der Waals surface area contributed by atoms with Crippen LogP contribution in [0.4, 0.5) is 0 Å². The monoisotopic (exact) mass is 281 g/mol. The number of piperidine rings is 1. The van der Waals surface area contributed by atoms with Gasteiger partial charge in [0.15, 0.2) is 9.84 Å². The molecule has 1 heterocycles. The molecule has 1 atom stereocenters. The Morgan fingerprint density at radius 1 is 1.26 bits per heavy atom. The second kappa shape index (κ2) is 5.13. The van der Waals surface area contributed by atoms with Gasteiger partial charge in [0.05, 0.1) is 16.6 Å². The van der Waals surface area contributed by atoms with E-state index in [0.29, 0.717) is 5.56 Å². The van der Waals surface area contributed by atoms with Crippen LogP contribution in [0.5, 0.6) is 0 Å². The molecule has 1 aromatic carbocycles. The lowest BCUT2D eigenvalue weighted by Gasteiger charge is -2.20. The van der Waals surface area contributed by atoms with Crippen molar-refractivity contribution in [2.45, 2.75) is 24.7 Å². The Balaban J connectivity index is 2.21. The molecule has 0 bridgehead atoms. The van der Waals surface area contributed by atoms with Crippen molar-refractivity contribution in [3.05, 3.63) is 29.8 Å². The van der Waals surface area contributed by atoms with E-state index in [1.165, 1.54) is 6.07 Å². The van der Waals surface area contributed by atoms with Gasteiger partial charge in [-0.15, -0.1) is 0 Å². The zero-order chi connectivity index (χ0) is 14.0. The standard InChI is InChI=1S/C13H15NO4S/c1-9-4-2-3-5-11(9)19(17,18)8-10-6-7-12(15)14-13(10)16/h2-5,10H,6-8H2,1H3,(H,14,15,16). The van der Waals surface area contributed by atoms with Crippen LogP contribution < -0.4 is 5.32 Å². The molecule has 2 rings (SSSR count). The molecule has 1 aliphatic rings. The molecule has 6 heteroatoms. The summed E-state index contributed by atoms with van der Waals surface area (Å²) in [4.78, 5) is 22.9. The lowest BCUT2D eigenvalue weighted by molar-refractivity contribution is -0.135. The van der Waals surface area contributed by atoms with Crippen molar-refractivity contribution in [1.29, 1.82) is 0 Å². The Morgan fingerprint density at radius 3 is 2.58 bits per heavy atom. The second-order valence-electron chi connectivity index (χ2n) is 4.69. The molecule has 5 nitrogen and oxygen atoms in total. The number of aryl methyl sites for hydroxylation is 1. The number of amides is 2. The predicted octanol–water partition coefficient (Wildman–Crippen LogP) is 0.822. The summed E-state index contributed by atoms with van der Waals surface area (Å²) in [6.07, 6.45) is 0.482. The summed E-state index contributed by atoms with van der Waals surface area (Å²) < 4.78 is 24.6. The van der Waals surface area contributed by atoms with E-state index in [-0.39, 0.29) is 29.4 Å². The van der Waals surface area contributed by atoms with E-state index >= 15 is 0 Å². The Labute approximate surface area is 111 Å². The summed E-state index contributed by atoms with van der Waals surface area (Å²) in [5.74, 6) is -1.73. The molecule has 0 radical (unpaired) electrons. The van der Waals surface area contributed by atoms with Crippen LogP contribution in [-0.4, -0.2) is 26.0 Å². The van der Waals surface area contributed by atoms with Gasteiger partial charge in [-0.05, 0) is 25.0 Å². The second-order valence-corrected chi connectivity index (χ2v) is 6.70. The Bertz CT molecular complexity index is 621. The first-order valence-electron chi connectivity index (χ1n) is 6.02. The highest BCUT2D eigenvalue weighted by atomic mass is 32.2. The number of rotatable bonds is 3. The van der Waals surface area contributed by atoms with Gasteiger partial charge in [-0.3, -0.25) is 14.9 Å². The summed E-state index contributed by atoms with van der Waals surface area (Å²) in [6, 6.07) is 6.68. The fourth-order valence-electron chi connectivity index (χ4n) is 2.16. The highest BCUT2D eigenvalue weighted by Crippen LogP contribution is 2.22. The lowest BCUT2D eigenvalue weighted by Crippen LogP contribution is -2.43. The highest BCUT2D eigenvalue weighted by molar-refractivity contribution is 7.91. The Hall–Kier alpha value is -1.69. The van der Waals surface area contributed by atoms with E-state index in [1.807, 2.05) is 0 Å². The maximum atomic E-state index is 12.3. The molecule has 19 heavy (non-hydrogen) atoms. The first kappa shape index (κ1) is 13.7. The Morgan fingerprint density at radius 2 is 1.95 bits per heavy atom. The minimum absolute atomic E-state index is 0.194. The van der Waals surface area contributed by atoms with Crippen molar-refractivity contribution in [3.63, 3.8) is 0 Å². The molecule has 2 amide bonds. The van der Waals surface area contributed by atoms with E-state index in [0.717, 1.165) is 0 Å². The molecule has 1 fully saturated rings. The van der Waals surface area contributed by atoms with Gasteiger partial charge < -0.3 is 0 Å². The van der Waals surface area contributed by atoms with Gasteiger partial charge in [-0.2, -0.15) is 0 Å². The summed E-state index contributed by atoms with van der Waals surface area (Å²) in [7, 11) is -3.51. The van der Waals surface area contributed by atoms with Crippen molar-refractivity contribution in [2.24, 2.45) is 5.92 Å². The fraction of sp³-hybridized carbons (Fsp3) is 0.385. The van der Waals surface area contributed by atoms with Crippen LogP contribution in [0.15, 0.2) is 29.2 Å². The van der Waals surface area contributed by atoms with Crippen molar-refractivity contribution in [2.75, 3.05) is 5.75 Å². The highest BCUT2D eigenvalue weighted by Gasteiger charge is 2.31. The van der Waals surface area contributed by atoms with Gasteiger partial charge >= 0.3 is 0 Å². The Kier molecular flexibility index (Phi) is 3.71. The van der Waals surface area contributed by atoms with Crippen molar-refractivity contribution in [1.82, 2.24) is 5.32 Å². The average Bonchev–Trinajstić information content (AvgIpc) is 2.33. The molecule has 1 saturated heterocycles. The smallest absolute Gasteiger partial charge is 0.230 e. The lowest BCUT2D eigenvalue weighted by atomic mass is 10.0. The zero-order valence-electron chi connectivity index (χ0n) is 10.5. The maximum Gasteiger partial charge on any atom is 0.230 e. The molecule has 1 aromatic rings. The van der Waals surface area contributed by atoms with Crippen LogP contribution in [-0.2, 0) is 19.4 Å². The van der Waals surface area contributed by atoms with Crippen LogP contribution in [0.25, 0.3) is 0 Å². The molecule has 1 unspecified atom stereocenters. The molecule has 0 aliphatic carbocycles. The molecular weight excluding hydrogens is 266 g/mol. The predicted molar refractivity (Wildman–Crippen MR) is 69.1 cm³/mol. The summed E-state index contributed by atoms with van der Waals surface area (Å²) in [6.45, 7) is 1.72. The third kappa shape index (κ3) is 3.01. The molecule has 102 valence electrons. The minimum Gasteiger partial charge on any atom is -0.296 e. The van der Waals surface area contributed by atoms with Gasteiger partial charge in [0, 0.05) is 6.42 Å². The number of sulfone groups is 1. The SMILES string of the molecule is Cc1ccccc1S(=O)(=O)CC1CCC(=O)NC1=O. The van der Waals surface area contributed by atoms with E-state index in [4.69, 9.17) is 0 Å². The number of hydrogen-bond donors (Lipinski definition) is 1. The third-order valence-electron chi connectivity index (χ3n) is 3.20. The number of hydrogen-bond acceptors (Lipinski definition) is 4. The summed E-state index contributed by atoms with van der Waals surface area (Å²) in [5.41, 5.74) is 0.662. The largest absolute Gasteiger partial charge is 0.296 e. The van der Waals surface area contributed by atoms with Crippen LogP contribution in [0.3, 0.4) is 0 Å². The molecule has 1 N–H and O–H groups in total. The number of benzene rings is 1. The zero-order valence-corrected chi connectivity index (χ0v) is 11.4. The van der Waals surface area contributed by atoms with Crippen molar-refractivity contribution >= 4 is 21.7 Å². The quantitative estimate of drug-likeness (QED) is 0.832. The van der Waals surface area contributed by atoms with Gasteiger partial charge in [-0.25, -0.2) is 8.42 Å². The normalized spacial score (nSPS) is 20.2. The molecular formula is C13H15NO4S. The van der Waals surface area contributed by atoms with Crippen LogP contribution in [0.2, 0.25) is 0 Å². The summed E-state index contributed by atoms with van der Waals surface area (Å²) in [5, 5.41) is 2.18. The molecule has 1 aliphatic heterocycles. The van der Waals surface area contributed by atoms with Crippen LogP contribution in [0, 0.1) is 12.8 Å². The summed E-state index contributed by atoms with van der Waals surface area (Å²) >= 11 is 0. The van der Waals surface area contributed by atoms with Gasteiger partial charge in [-0.1, -0.05) is 18.2 Å². The number of imide groups is 1. The maximum absolute atomic E-state index is 12.3. The third-order valence-corrected chi connectivity index (χ3v) is 5.17. The minimum atomic E-state index is -3.51. The average molecular weight is 281 g/mol. The van der Waals surface area contributed by atoms with E-state index < -0.39 is 21.7 Å². The number of carbonyl (C=O) groups excluding carboxylic acids is 2. The first-order valence-corrected chi connectivity index (χ1v) is 7.67. The van der Waals surface area contributed by atoms with Crippen LogP contribution in [0.1, 0.15) is 18.4 Å². The number of nitrogens with one attached hydrogen (secondary N) is 1. The van der Waals surface area contributed by atoms with Crippen LogP contribution >= 0.6 is 0 Å².